The van der Waals surface area contributed by atoms with Crippen molar-refractivity contribution >= 4 is 6.09 Å². The molecule has 1 saturated carbocycles. The Labute approximate surface area is 128 Å². The average molecular weight is 307 g/mol. The molecule has 6 nitrogen and oxygen atoms in total. The van der Waals surface area contributed by atoms with Crippen molar-refractivity contribution in [3.63, 3.8) is 0 Å². The van der Waals surface area contributed by atoms with Gasteiger partial charge in [0.2, 0.25) is 0 Å². The third-order valence-electron chi connectivity index (χ3n) is 3.04. The maximum Gasteiger partial charge on any atom is 0.407 e. The zero-order valence-corrected chi connectivity index (χ0v) is 12.7. The molecule has 1 N–H and O–H groups in total. The summed E-state index contributed by atoms with van der Waals surface area (Å²) in [5.41, 5.74) is -0.538. The number of pyridine rings is 1. The summed E-state index contributed by atoms with van der Waals surface area (Å²) in [5, 5.41) is 11.3. The van der Waals surface area contributed by atoms with Gasteiger partial charge in [-0.25, -0.2) is 9.78 Å². The van der Waals surface area contributed by atoms with Crippen molar-refractivity contribution in [3.8, 4) is 11.8 Å². The molecule has 0 bridgehead atoms. The van der Waals surface area contributed by atoms with Crippen molar-refractivity contribution in [1.82, 2.24) is 10.3 Å². The quantitative estimate of drug-likeness (QED) is 0.867. The van der Waals surface area contributed by atoms with Gasteiger partial charge in [0, 0.05) is 18.9 Å². The van der Waals surface area contributed by atoms with Crippen LogP contribution >= 0.6 is 0 Å². The molecule has 1 amide bonds. The Morgan fingerprint density at radius 3 is 2.68 bits per heavy atom. The molecule has 0 radical (unpaired) electrons. The second-order valence-corrected chi connectivity index (χ2v) is 6.15. The van der Waals surface area contributed by atoms with E-state index in [-0.39, 0.29) is 23.6 Å². The number of nitriles is 1. The lowest BCUT2D eigenvalue weighted by atomic mass is 9.89. The van der Waals surface area contributed by atoms with Crippen molar-refractivity contribution in [2.45, 2.75) is 51.4 Å². The highest BCUT2D eigenvalue weighted by Gasteiger charge is 2.33. The first-order valence-electron chi connectivity index (χ1n) is 6.99. The molecule has 22 heavy (non-hydrogen) atoms. The predicted octanol–water partition coefficient (Wildman–Crippen LogP) is 2.53. The Hall–Kier alpha value is -2.36. The molecule has 0 atom stereocenters. The first-order chi connectivity index (χ1) is 10.3. The second-order valence-electron chi connectivity index (χ2n) is 6.15. The number of ether oxygens (including phenoxy) is 2. The van der Waals surface area contributed by atoms with Gasteiger partial charge >= 0.3 is 6.09 Å². The summed E-state index contributed by atoms with van der Waals surface area (Å²) in [7, 11) is 0. The Kier molecular flexibility index (Phi) is 4.50. The first kappa shape index (κ1) is 16.0. The number of nitrogens with one attached hydrogen (secondary N) is 1. The molecule has 0 saturated heterocycles. The number of hydrogen-bond acceptors (Lipinski definition) is 5. The van der Waals surface area contributed by atoms with Crippen LogP contribution < -0.4 is 10.1 Å². The molecule has 1 aliphatic carbocycles. The Bertz CT molecular complexity index is 601. The molecule has 0 aliphatic heterocycles. The highest BCUT2D eigenvalue weighted by molar-refractivity contribution is 5.68. The minimum Gasteiger partial charge on any atom is -0.485 e. The number of alkyl carbamates (subject to hydrolysis) is 1. The van der Waals surface area contributed by atoms with Crippen LogP contribution in [0.4, 0.5) is 9.18 Å². The molecule has 1 heterocycles. The minimum atomic E-state index is -0.803. The van der Waals surface area contributed by atoms with Gasteiger partial charge in [-0.2, -0.15) is 9.65 Å². The van der Waals surface area contributed by atoms with Crippen LogP contribution in [0.2, 0.25) is 0 Å². The van der Waals surface area contributed by atoms with Crippen molar-refractivity contribution in [2.75, 3.05) is 0 Å². The fourth-order valence-corrected chi connectivity index (χ4v) is 2.01. The molecule has 0 aromatic carbocycles. The van der Waals surface area contributed by atoms with Crippen LogP contribution in [0.15, 0.2) is 12.1 Å². The van der Waals surface area contributed by atoms with Gasteiger partial charge in [-0.15, -0.1) is 0 Å². The number of nitrogens with zero attached hydrogens (tertiary/aromatic N) is 2. The standard InChI is InChI=1S/C15H18FN3O3/c1-15(2,3)22-14(20)19-10-6-11(7-10)21-12-5-4-9(8-17)18-13(12)16/h4-5,10-11H,6-7H2,1-3H3,(H,19,20). The number of hydrogen-bond donors (Lipinski definition) is 1. The van der Waals surface area contributed by atoms with Crippen molar-refractivity contribution in [3.05, 3.63) is 23.8 Å². The summed E-state index contributed by atoms with van der Waals surface area (Å²) in [4.78, 5) is 15.0. The number of carbonyl (C=O) groups is 1. The predicted molar refractivity (Wildman–Crippen MR) is 75.7 cm³/mol. The number of carbonyl (C=O) groups excluding carboxylic acids is 1. The van der Waals surface area contributed by atoms with Crippen LogP contribution in [0.5, 0.6) is 5.75 Å². The molecule has 7 heteroatoms. The van der Waals surface area contributed by atoms with Crippen LogP contribution in [0.1, 0.15) is 39.3 Å². The molecular formula is C15H18FN3O3. The van der Waals surface area contributed by atoms with Crippen molar-refractivity contribution < 1.29 is 18.7 Å². The summed E-state index contributed by atoms with van der Waals surface area (Å²) in [6.45, 7) is 5.37. The maximum atomic E-state index is 13.6. The Balaban J connectivity index is 1.78. The number of rotatable bonds is 3. The van der Waals surface area contributed by atoms with E-state index in [2.05, 4.69) is 10.3 Å². The normalized spacial score (nSPS) is 20.5. The maximum absolute atomic E-state index is 13.6. The molecule has 1 fully saturated rings. The molecule has 1 aromatic rings. The van der Waals surface area contributed by atoms with Crippen LogP contribution in [0.25, 0.3) is 0 Å². The molecule has 0 spiro atoms. The SMILES string of the molecule is CC(C)(C)OC(=O)NC1CC(Oc2ccc(C#N)nc2F)C1. The van der Waals surface area contributed by atoms with Gasteiger partial charge in [0.15, 0.2) is 5.75 Å². The lowest BCUT2D eigenvalue weighted by Gasteiger charge is -2.36. The van der Waals surface area contributed by atoms with Gasteiger partial charge in [0.1, 0.15) is 23.5 Å². The van der Waals surface area contributed by atoms with Gasteiger partial charge < -0.3 is 14.8 Å². The summed E-state index contributed by atoms with van der Waals surface area (Å²) >= 11 is 0. The van der Waals surface area contributed by atoms with E-state index in [0.29, 0.717) is 12.8 Å². The fraction of sp³-hybridized carbons (Fsp3) is 0.533. The third kappa shape index (κ3) is 4.32. The second kappa shape index (κ2) is 6.18. The zero-order chi connectivity index (χ0) is 16.3. The van der Waals surface area contributed by atoms with E-state index in [0.717, 1.165) is 0 Å². The van der Waals surface area contributed by atoms with E-state index < -0.39 is 17.6 Å². The van der Waals surface area contributed by atoms with Crippen LogP contribution in [-0.2, 0) is 4.74 Å². The summed E-state index contributed by atoms with van der Waals surface area (Å²) in [5.74, 6) is -0.790. The Morgan fingerprint density at radius 2 is 2.14 bits per heavy atom. The molecule has 1 aromatic heterocycles. The van der Waals surface area contributed by atoms with Gasteiger partial charge in [-0.05, 0) is 32.9 Å². The summed E-state index contributed by atoms with van der Waals surface area (Å²) in [6, 6.07) is 4.49. The summed E-state index contributed by atoms with van der Waals surface area (Å²) < 4.78 is 24.2. The van der Waals surface area contributed by atoms with Gasteiger partial charge in [0.05, 0.1) is 0 Å². The van der Waals surface area contributed by atoms with Gasteiger partial charge in [-0.1, -0.05) is 0 Å². The number of amides is 1. The topological polar surface area (TPSA) is 84.2 Å². The van der Waals surface area contributed by atoms with Crippen LogP contribution in [0, 0.1) is 17.3 Å². The zero-order valence-electron chi connectivity index (χ0n) is 12.7. The highest BCUT2D eigenvalue weighted by atomic mass is 19.1. The fourth-order valence-electron chi connectivity index (χ4n) is 2.01. The minimum absolute atomic E-state index is 0.00271. The number of halogens is 1. The van der Waals surface area contributed by atoms with Crippen molar-refractivity contribution in [1.29, 1.82) is 5.26 Å². The Morgan fingerprint density at radius 1 is 1.45 bits per heavy atom. The average Bonchev–Trinajstić information content (AvgIpc) is 2.35. The molecule has 2 rings (SSSR count). The van der Waals surface area contributed by atoms with E-state index in [1.165, 1.54) is 12.1 Å². The highest BCUT2D eigenvalue weighted by Crippen LogP contribution is 2.27. The van der Waals surface area contributed by atoms with Gasteiger partial charge in [0.25, 0.3) is 5.95 Å². The smallest absolute Gasteiger partial charge is 0.407 e. The number of aromatic nitrogens is 1. The van der Waals surface area contributed by atoms with Crippen LogP contribution in [0.3, 0.4) is 0 Å². The van der Waals surface area contributed by atoms with E-state index in [1.54, 1.807) is 26.8 Å². The van der Waals surface area contributed by atoms with Gasteiger partial charge in [-0.3, -0.25) is 0 Å². The van der Waals surface area contributed by atoms with Crippen LogP contribution in [-0.4, -0.2) is 28.8 Å². The third-order valence-corrected chi connectivity index (χ3v) is 3.04. The lowest BCUT2D eigenvalue weighted by Crippen LogP contribution is -2.50. The van der Waals surface area contributed by atoms with E-state index >= 15 is 0 Å². The molecule has 118 valence electrons. The largest absolute Gasteiger partial charge is 0.485 e. The van der Waals surface area contributed by atoms with E-state index in [9.17, 15) is 9.18 Å². The monoisotopic (exact) mass is 307 g/mol. The summed E-state index contributed by atoms with van der Waals surface area (Å²) in [6.07, 6.45) is 0.475. The van der Waals surface area contributed by atoms with Crippen molar-refractivity contribution in [2.24, 2.45) is 0 Å². The molecule has 1 aliphatic rings. The first-order valence-corrected chi connectivity index (χ1v) is 6.99. The molecule has 0 unspecified atom stereocenters. The van der Waals surface area contributed by atoms with E-state index in [4.69, 9.17) is 14.7 Å². The molecular weight excluding hydrogens is 289 g/mol. The lowest BCUT2D eigenvalue weighted by molar-refractivity contribution is 0.0353. The van der Waals surface area contributed by atoms with E-state index in [1.807, 2.05) is 0 Å².